The highest BCUT2D eigenvalue weighted by atomic mass is 32.2. The third-order valence-corrected chi connectivity index (χ3v) is 6.19. The topological polar surface area (TPSA) is 59.2 Å². The molecule has 0 aliphatic carbocycles. The van der Waals surface area contributed by atoms with E-state index < -0.39 is 0 Å². The van der Waals surface area contributed by atoms with E-state index in [0.717, 1.165) is 24.9 Å². The van der Waals surface area contributed by atoms with E-state index in [2.05, 4.69) is 21.6 Å². The lowest BCUT2D eigenvalue weighted by Gasteiger charge is -2.23. The highest BCUT2D eigenvalue weighted by Crippen LogP contribution is 2.35. The third kappa shape index (κ3) is 3.99. The van der Waals surface area contributed by atoms with E-state index >= 15 is 0 Å². The first-order chi connectivity index (χ1) is 12.8. The highest BCUT2D eigenvalue weighted by molar-refractivity contribution is 7.99. The van der Waals surface area contributed by atoms with E-state index in [-0.39, 0.29) is 11.9 Å². The largest absolute Gasteiger partial charge is 0.416 e. The molecule has 5 nitrogen and oxygen atoms in total. The molecule has 0 radical (unpaired) electrons. The van der Waals surface area contributed by atoms with E-state index in [9.17, 15) is 4.79 Å². The molecule has 1 aliphatic heterocycles. The van der Waals surface area contributed by atoms with Crippen LogP contribution in [0.1, 0.15) is 35.2 Å². The monoisotopic (exact) mass is 385 g/mol. The number of thiophene rings is 1. The van der Waals surface area contributed by atoms with Crippen molar-refractivity contribution in [2.24, 2.45) is 0 Å². The Morgan fingerprint density at radius 2 is 2.12 bits per heavy atom. The number of rotatable bonds is 6. The summed E-state index contributed by atoms with van der Waals surface area (Å²) in [5.74, 6) is 1.03. The highest BCUT2D eigenvalue weighted by Gasteiger charge is 2.30. The van der Waals surface area contributed by atoms with Gasteiger partial charge in [0.2, 0.25) is 11.8 Å². The van der Waals surface area contributed by atoms with Crippen LogP contribution < -0.4 is 0 Å². The summed E-state index contributed by atoms with van der Waals surface area (Å²) in [4.78, 5) is 15.9. The van der Waals surface area contributed by atoms with Gasteiger partial charge in [-0.15, -0.1) is 21.5 Å². The van der Waals surface area contributed by atoms with Gasteiger partial charge in [0.1, 0.15) is 0 Å². The summed E-state index contributed by atoms with van der Waals surface area (Å²) in [6, 6.07) is 14.4. The molecular weight excluding hydrogens is 366 g/mol. The number of carbonyl (C=O) groups is 1. The molecule has 1 amide bonds. The average Bonchev–Trinajstić information content (AvgIpc) is 3.41. The van der Waals surface area contributed by atoms with Crippen LogP contribution in [0.2, 0.25) is 0 Å². The van der Waals surface area contributed by atoms with Gasteiger partial charge >= 0.3 is 0 Å². The van der Waals surface area contributed by atoms with E-state index in [4.69, 9.17) is 4.42 Å². The molecule has 1 aromatic carbocycles. The fraction of sp³-hybridized carbons (Fsp3) is 0.316. The van der Waals surface area contributed by atoms with Gasteiger partial charge in [0.25, 0.3) is 5.22 Å². The molecule has 0 saturated carbocycles. The van der Waals surface area contributed by atoms with Crippen molar-refractivity contribution in [3.63, 3.8) is 0 Å². The number of thioether (sulfide) groups is 1. The molecule has 3 heterocycles. The summed E-state index contributed by atoms with van der Waals surface area (Å²) in [7, 11) is 0. The van der Waals surface area contributed by atoms with Gasteiger partial charge in [-0.2, -0.15) is 0 Å². The van der Waals surface area contributed by atoms with Gasteiger partial charge in [0.05, 0.1) is 18.2 Å². The average molecular weight is 386 g/mol. The fourth-order valence-electron chi connectivity index (χ4n) is 3.19. The summed E-state index contributed by atoms with van der Waals surface area (Å²) in [5, 5.41) is 10.7. The molecule has 26 heavy (non-hydrogen) atoms. The van der Waals surface area contributed by atoms with Crippen molar-refractivity contribution in [3.05, 3.63) is 64.2 Å². The lowest BCUT2D eigenvalue weighted by Crippen LogP contribution is -2.31. The van der Waals surface area contributed by atoms with Crippen molar-refractivity contribution >= 4 is 29.0 Å². The van der Waals surface area contributed by atoms with E-state index in [0.29, 0.717) is 23.3 Å². The summed E-state index contributed by atoms with van der Waals surface area (Å²) >= 11 is 3.04. The first-order valence-corrected chi connectivity index (χ1v) is 10.5. The molecule has 3 aromatic rings. The van der Waals surface area contributed by atoms with Crippen LogP contribution in [0.25, 0.3) is 0 Å². The maximum Gasteiger partial charge on any atom is 0.277 e. The van der Waals surface area contributed by atoms with E-state index in [1.807, 2.05) is 41.3 Å². The Morgan fingerprint density at radius 3 is 2.92 bits per heavy atom. The van der Waals surface area contributed by atoms with Gasteiger partial charge in [-0.3, -0.25) is 4.79 Å². The van der Waals surface area contributed by atoms with Crippen LogP contribution in [0.4, 0.5) is 0 Å². The van der Waals surface area contributed by atoms with Crippen molar-refractivity contribution in [2.75, 3.05) is 12.3 Å². The zero-order valence-corrected chi connectivity index (χ0v) is 15.8. The molecule has 0 unspecified atom stereocenters. The van der Waals surface area contributed by atoms with Gasteiger partial charge in [0.15, 0.2) is 0 Å². The van der Waals surface area contributed by atoms with Crippen molar-refractivity contribution in [3.8, 4) is 0 Å². The molecule has 1 fully saturated rings. The first kappa shape index (κ1) is 17.3. The quantitative estimate of drug-likeness (QED) is 0.596. The molecule has 4 rings (SSSR count). The van der Waals surface area contributed by atoms with E-state index in [1.54, 1.807) is 11.3 Å². The second-order valence-electron chi connectivity index (χ2n) is 6.17. The number of likely N-dealkylation sites (tertiary alicyclic amines) is 1. The van der Waals surface area contributed by atoms with Crippen LogP contribution >= 0.6 is 23.1 Å². The first-order valence-electron chi connectivity index (χ1n) is 8.61. The normalized spacial score (nSPS) is 16.9. The summed E-state index contributed by atoms with van der Waals surface area (Å²) in [5.41, 5.74) is 1.12. The molecule has 0 bridgehead atoms. The van der Waals surface area contributed by atoms with Crippen molar-refractivity contribution in [1.82, 2.24) is 15.1 Å². The minimum Gasteiger partial charge on any atom is -0.416 e. The van der Waals surface area contributed by atoms with Crippen molar-refractivity contribution in [2.45, 2.75) is 30.5 Å². The number of benzene rings is 1. The Hall–Kier alpha value is -2.12. The molecule has 0 N–H and O–H groups in total. The molecule has 7 heteroatoms. The van der Waals surface area contributed by atoms with Crippen LogP contribution in [0.3, 0.4) is 0 Å². The number of nitrogens with zero attached hydrogens (tertiary/aromatic N) is 3. The minimum absolute atomic E-state index is 0.133. The molecule has 134 valence electrons. The minimum atomic E-state index is 0.133. The number of carbonyl (C=O) groups excluding carboxylic acids is 1. The smallest absolute Gasteiger partial charge is 0.277 e. The van der Waals surface area contributed by atoms with Gasteiger partial charge in [0, 0.05) is 11.4 Å². The standard InChI is InChI=1S/C19H19N3O2S2/c23-18(22-10-4-8-15(22)16-9-5-11-25-16)13-26-19-21-20-17(24-19)12-14-6-2-1-3-7-14/h1-3,5-7,9,11,15H,4,8,10,12-13H2/t15-/m0/s1. The fourth-order valence-corrected chi connectivity index (χ4v) is 4.73. The van der Waals surface area contributed by atoms with E-state index in [1.165, 1.54) is 16.6 Å². The summed E-state index contributed by atoms with van der Waals surface area (Å²) in [6.07, 6.45) is 2.70. The maximum absolute atomic E-state index is 12.6. The van der Waals surface area contributed by atoms with Gasteiger partial charge < -0.3 is 9.32 Å². The van der Waals surface area contributed by atoms with Crippen LogP contribution in [0.5, 0.6) is 0 Å². The Balaban J connectivity index is 1.33. The number of hydrogen-bond acceptors (Lipinski definition) is 6. The Labute approximate surface area is 160 Å². The molecule has 1 aliphatic rings. The van der Waals surface area contributed by atoms with Crippen LogP contribution in [0, 0.1) is 0 Å². The maximum atomic E-state index is 12.6. The number of hydrogen-bond donors (Lipinski definition) is 0. The summed E-state index contributed by atoms with van der Waals surface area (Å²) in [6.45, 7) is 0.824. The van der Waals surface area contributed by atoms with Crippen LogP contribution in [-0.4, -0.2) is 33.3 Å². The summed E-state index contributed by atoms with van der Waals surface area (Å²) < 4.78 is 5.67. The second kappa shape index (κ2) is 8.05. The zero-order valence-electron chi connectivity index (χ0n) is 14.2. The van der Waals surface area contributed by atoms with Crippen molar-refractivity contribution < 1.29 is 9.21 Å². The van der Waals surface area contributed by atoms with Crippen LogP contribution in [0.15, 0.2) is 57.5 Å². The Bertz CT molecular complexity index is 849. The Kier molecular flexibility index (Phi) is 5.36. The lowest BCUT2D eigenvalue weighted by molar-refractivity contribution is -0.129. The molecule has 1 atom stereocenters. The zero-order chi connectivity index (χ0) is 17.8. The predicted molar refractivity (Wildman–Crippen MR) is 102 cm³/mol. The SMILES string of the molecule is O=C(CSc1nnc(Cc2ccccc2)o1)N1CCC[C@H]1c1cccs1. The number of amides is 1. The molecular formula is C19H19N3O2S2. The van der Waals surface area contributed by atoms with Crippen molar-refractivity contribution in [1.29, 1.82) is 0 Å². The Morgan fingerprint density at radius 1 is 1.23 bits per heavy atom. The van der Waals surface area contributed by atoms with Crippen LogP contribution in [-0.2, 0) is 11.2 Å². The number of aromatic nitrogens is 2. The molecule has 2 aromatic heterocycles. The molecule has 1 saturated heterocycles. The van der Waals surface area contributed by atoms with Gasteiger partial charge in [-0.1, -0.05) is 48.2 Å². The van der Waals surface area contributed by atoms with Gasteiger partial charge in [-0.05, 0) is 29.9 Å². The second-order valence-corrected chi connectivity index (χ2v) is 8.08. The predicted octanol–water partition coefficient (Wildman–Crippen LogP) is 4.18. The molecule has 0 spiro atoms. The third-order valence-electron chi connectivity index (χ3n) is 4.41. The van der Waals surface area contributed by atoms with Gasteiger partial charge in [-0.25, -0.2) is 0 Å². The lowest BCUT2D eigenvalue weighted by atomic mass is 10.2.